The van der Waals surface area contributed by atoms with Crippen LogP contribution in [-0.4, -0.2) is 22.2 Å². The maximum Gasteiger partial charge on any atom is 0.337 e. The molecular formula is C13H16ClNO3. The summed E-state index contributed by atoms with van der Waals surface area (Å²) >= 11 is 5.98. The van der Waals surface area contributed by atoms with Crippen molar-refractivity contribution in [3.8, 4) is 5.88 Å². The third kappa shape index (κ3) is 2.93. The summed E-state index contributed by atoms with van der Waals surface area (Å²) in [5, 5.41) is 9.05. The van der Waals surface area contributed by atoms with Gasteiger partial charge in [-0.15, -0.1) is 0 Å². The van der Waals surface area contributed by atoms with E-state index >= 15 is 0 Å². The van der Waals surface area contributed by atoms with Gasteiger partial charge in [0.2, 0.25) is 5.88 Å². The molecule has 18 heavy (non-hydrogen) atoms. The number of hydrogen-bond acceptors (Lipinski definition) is 3. The Balaban J connectivity index is 2.10. The van der Waals surface area contributed by atoms with Gasteiger partial charge in [0.15, 0.2) is 0 Å². The zero-order valence-electron chi connectivity index (χ0n) is 10.2. The van der Waals surface area contributed by atoms with Gasteiger partial charge in [-0.25, -0.2) is 9.78 Å². The van der Waals surface area contributed by atoms with Gasteiger partial charge >= 0.3 is 5.97 Å². The molecule has 0 saturated heterocycles. The van der Waals surface area contributed by atoms with Crippen LogP contribution in [0.2, 0.25) is 5.02 Å². The molecule has 0 atom stereocenters. The molecule has 5 heteroatoms. The fourth-order valence-corrected chi connectivity index (χ4v) is 2.41. The van der Waals surface area contributed by atoms with Gasteiger partial charge in [0.25, 0.3) is 0 Å². The highest BCUT2D eigenvalue weighted by molar-refractivity contribution is 6.34. The monoisotopic (exact) mass is 269 g/mol. The van der Waals surface area contributed by atoms with E-state index in [-0.39, 0.29) is 22.6 Å². The number of carbonyl (C=O) groups is 1. The maximum absolute atomic E-state index is 10.9. The number of carboxylic acids is 1. The van der Waals surface area contributed by atoms with Crippen LogP contribution < -0.4 is 4.74 Å². The number of aromatic carboxylic acids is 1. The Kier molecular flexibility index (Phi) is 4.07. The largest absolute Gasteiger partial charge is 0.478 e. The van der Waals surface area contributed by atoms with Crippen LogP contribution in [0.1, 0.15) is 43.0 Å². The Morgan fingerprint density at radius 3 is 2.72 bits per heavy atom. The summed E-state index contributed by atoms with van der Waals surface area (Å²) in [5.41, 5.74) is 0.0332. The van der Waals surface area contributed by atoms with Crippen molar-refractivity contribution < 1.29 is 14.6 Å². The van der Waals surface area contributed by atoms with E-state index in [1.807, 2.05) is 0 Å². The van der Waals surface area contributed by atoms with Crippen molar-refractivity contribution in [2.45, 2.75) is 38.7 Å². The molecule has 1 aromatic heterocycles. The van der Waals surface area contributed by atoms with Crippen LogP contribution in [0.3, 0.4) is 0 Å². The minimum absolute atomic E-state index is 0.0332. The van der Waals surface area contributed by atoms with Crippen LogP contribution >= 0.6 is 11.6 Å². The first kappa shape index (κ1) is 13.1. The van der Waals surface area contributed by atoms with E-state index in [0.29, 0.717) is 0 Å². The summed E-state index contributed by atoms with van der Waals surface area (Å²) in [7, 11) is 0. The highest BCUT2D eigenvalue weighted by atomic mass is 35.5. The predicted octanol–water partition coefficient (Wildman–Crippen LogP) is 3.39. The standard InChI is InChI=1S/C13H16ClNO3/c1-8-2-4-9(5-3-8)18-12-11(14)10(13(16)17)6-7-15-12/h6-9H,2-5H2,1H3,(H,16,17). The second-order valence-electron chi connectivity index (χ2n) is 4.78. The van der Waals surface area contributed by atoms with Gasteiger partial charge < -0.3 is 9.84 Å². The Labute approximate surface area is 111 Å². The number of nitrogens with zero attached hydrogens (tertiary/aromatic N) is 1. The lowest BCUT2D eigenvalue weighted by atomic mass is 9.89. The lowest BCUT2D eigenvalue weighted by Crippen LogP contribution is -2.23. The van der Waals surface area contributed by atoms with Gasteiger partial charge in [-0.1, -0.05) is 18.5 Å². The molecule has 1 aliphatic carbocycles. The first-order valence-electron chi connectivity index (χ1n) is 6.12. The van der Waals surface area contributed by atoms with Crippen molar-refractivity contribution in [1.29, 1.82) is 0 Å². The predicted molar refractivity (Wildman–Crippen MR) is 68.3 cm³/mol. The molecule has 0 amide bonds. The van der Waals surface area contributed by atoms with Crippen molar-refractivity contribution in [3.05, 3.63) is 22.8 Å². The summed E-state index contributed by atoms with van der Waals surface area (Å²) in [6.45, 7) is 2.23. The minimum atomic E-state index is -1.07. The number of halogens is 1. The van der Waals surface area contributed by atoms with Crippen LogP contribution in [0, 0.1) is 5.92 Å². The molecule has 1 saturated carbocycles. The SMILES string of the molecule is CC1CCC(Oc2nccc(C(=O)O)c2Cl)CC1. The van der Waals surface area contributed by atoms with E-state index in [9.17, 15) is 4.79 Å². The Morgan fingerprint density at radius 2 is 2.11 bits per heavy atom. The second-order valence-corrected chi connectivity index (χ2v) is 5.16. The third-order valence-electron chi connectivity index (χ3n) is 3.33. The van der Waals surface area contributed by atoms with E-state index < -0.39 is 5.97 Å². The van der Waals surface area contributed by atoms with Gasteiger partial charge in [-0.3, -0.25) is 0 Å². The number of pyridine rings is 1. The molecule has 0 bridgehead atoms. The van der Waals surface area contributed by atoms with Crippen LogP contribution in [0.5, 0.6) is 5.88 Å². The fraction of sp³-hybridized carbons (Fsp3) is 0.538. The second kappa shape index (κ2) is 5.57. The molecule has 1 heterocycles. The van der Waals surface area contributed by atoms with Gasteiger partial charge in [0.1, 0.15) is 11.1 Å². The van der Waals surface area contributed by atoms with Crippen LogP contribution in [0.4, 0.5) is 0 Å². The zero-order chi connectivity index (χ0) is 13.1. The van der Waals surface area contributed by atoms with Gasteiger partial charge in [0, 0.05) is 6.20 Å². The average Bonchev–Trinajstić information content (AvgIpc) is 2.34. The first-order chi connectivity index (χ1) is 8.58. The molecule has 1 aromatic rings. The number of ether oxygens (including phenoxy) is 1. The number of rotatable bonds is 3. The summed E-state index contributed by atoms with van der Waals surface area (Å²) in [6.07, 6.45) is 5.69. The molecule has 0 radical (unpaired) electrons. The van der Waals surface area contributed by atoms with Crippen molar-refractivity contribution in [2.24, 2.45) is 5.92 Å². The van der Waals surface area contributed by atoms with E-state index in [0.717, 1.165) is 31.6 Å². The van der Waals surface area contributed by atoms with Crippen LogP contribution in [0.25, 0.3) is 0 Å². The Hall–Kier alpha value is -1.29. The molecule has 4 nitrogen and oxygen atoms in total. The fourth-order valence-electron chi connectivity index (χ4n) is 2.18. The highest BCUT2D eigenvalue weighted by Gasteiger charge is 2.22. The highest BCUT2D eigenvalue weighted by Crippen LogP contribution is 2.31. The van der Waals surface area contributed by atoms with Gasteiger partial charge in [-0.2, -0.15) is 0 Å². The van der Waals surface area contributed by atoms with Gasteiger partial charge in [-0.05, 0) is 37.7 Å². The van der Waals surface area contributed by atoms with Crippen molar-refractivity contribution in [1.82, 2.24) is 4.98 Å². The van der Waals surface area contributed by atoms with E-state index in [4.69, 9.17) is 21.4 Å². The molecule has 1 N–H and O–H groups in total. The Morgan fingerprint density at radius 1 is 1.44 bits per heavy atom. The van der Waals surface area contributed by atoms with E-state index in [1.54, 1.807) is 0 Å². The van der Waals surface area contributed by atoms with Crippen LogP contribution in [-0.2, 0) is 0 Å². The van der Waals surface area contributed by atoms with E-state index in [2.05, 4.69) is 11.9 Å². The van der Waals surface area contributed by atoms with Crippen molar-refractivity contribution in [2.75, 3.05) is 0 Å². The smallest absolute Gasteiger partial charge is 0.337 e. The lowest BCUT2D eigenvalue weighted by molar-refractivity contribution is 0.0695. The number of carboxylic acid groups (broad SMARTS) is 1. The lowest BCUT2D eigenvalue weighted by Gasteiger charge is -2.26. The first-order valence-corrected chi connectivity index (χ1v) is 6.50. The molecule has 98 valence electrons. The summed E-state index contributed by atoms with van der Waals surface area (Å²) in [6, 6.07) is 1.38. The van der Waals surface area contributed by atoms with Crippen molar-refractivity contribution in [3.63, 3.8) is 0 Å². The average molecular weight is 270 g/mol. The number of aromatic nitrogens is 1. The molecule has 0 spiro atoms. The quantitative estimate of drug-likeness (QED) is 0.914. The molecule has 2 rings (SSSR count). The Bertz CT molecular complexity index is 442. The molecule has 0 aliphatic heterocycles. The zero-order valence-corrected chi connectivity index (χ0v) is 11.0. The minimum Gasteiger partial charge on any atom is -0.478 e. The van der Waals surface area contributed by atoms with E-state index in [1.165, 1.54) is 12.3 Å². The molecule has 1 fully saturated rings. The third-order valence-corrected chi connectivity index (χ3v) is 3.69. The maximum atomic E-state index is 10.9. The number of hydrogen-bond donors (Lipinski definition) is 1. The molecule has 1 aliphatic rings. The summed E-state index contributed by atoms with van der Waals surface area (Å²) in [4.78, 5) is 15.0. The summed E-state index contributed by atoms with van der Waals surface area (Å²) in [5.74, 6) is -0.0979. The molecule has 0 aromatic carbocycles. The molecular weight excluding hydrogens is 254 g/mol. The van der Waals surface area contributed by atoms with Crippen LogP contribution in [0.15, 0.2) is 12.3 Å². The normalized spacial score (nSPS) is 23.7. The summed E-state index contributed by atoms with van der Waals surface area (Å²) < 4.78 is 5.72. The van der Waals surface area contributed by atoms with Crippen molar-refractivity contribution >= 4 is 17.6 Å². The molecule has 0 unspecified atom stereocenters. The van der Waals surface area contributed by atoms with Gasteiger partial charge in [0.05, 0.1) is 5.56 Å². The topological polar surface area (TPSA) is 59.4 Å².